The molecule has 0 aromatic heterocycles. The lowest BCUT2D eigenvalue weighted by Gasteiger charge is -2.31. The Balaban J connectivity index is 1.83. The van der Waals surface area contributed by atoms with E-state index in [1.807, 2.05) is 55.5 Å². The highest BCUT2D eigenvalue weighted by Crippen LogP contribution is 2.30. The molecule has 0 radical (unpaired) electrons. The maximum Gasteiger partial charge on any atom is 0.234 e. The van der Waals surface area contributed by atoms with Gasteiger partial charge >= 0.3 is 0 Å². The van der Waals surface area contributed by atoms with E-state index in [0.717, 1.165) is 11.3 Å². The zero-order valence-electron chi connectivity index (χ0n) is 16.9. The molecule has 1 aliphatic heterocycles. The number of amidine groups is 1. The molecule has 2 aromatic rings. The standard InChI is InChI=1S/C22H24ClN3O3S/c1-3-24-21(28)19-14-20(27)26(13-12-15-4-6-16(23)7-5-15)22(30-19)25-17-8-10-18(29-2)11-9-17/h4-11,19H,3,12-14H2,1-2H3,(H,24,28)/t19-/m1/s1. The molecule has 30 heavy (non-hydrogen) atoms. The van der Waals surface area contributed by atoms with Gasteiger partial charge in [-0.1, -0.05) is 35.5 Å². The third-order valence-electron chi connectivity index (χ3n) is 4.62. The average Bonchev–Trinajstić information content (AvgIpc) is 2.75. The Hall–Kier alpha value is -2.51. The van der Waals surface area contributed by atoms with Gasteiger partial charge in [0.15, 0.2) is 5.17 Å². The zero-order valence-corrected chi connectivity index (χ0v) is 18.5. The number of rotatable bonds is 7. The van der Waals surface area contributed by atoms with Crippen LogP contribution in [0.3, 0.4) is 0 Å². The normalized spacial score (nSPS) is 17.8. The zero-order chi connectivity index (χ0) is 21.5. The molecule has 0 saturated carbocycles. The number of carbonyl (C=O) groups excluding carboxylic acids is 2. The molecule has 158 valence electrons. The summed E-state index contributed by atoms with van der Waals surface area (Å²) in [6.07, 6.45) is 0.815. The van der Waals surface area contributed by atoms with Crippen molar-refractivity contribution in [3.05, 3.63) is 59.1 Å². The number of nitrogens with zero attached hydrogens (tertiary/aromatic N) is 2. The van der Waals surface area contributed by atoms with E-state index in [0.29, 0.717) is 35.4 Å². The summed E-state index contributed by atoms with van der Waals surface area (Å²) in [7, 11) is 1.60. The van der Waals surface area contributed by atoms with E-state index < -0.39 is 5.25 Å². The number of amides is 2. The molecule has 1 heterocycles. The van der Waals surface area contributed by atoms with Gasteiger partial charge in [0.1, 0.15) is 5.75 Å². The fourth-order valence-electron chi connectivity index (χ4n) is 3.01. The molecule has 3 rings (SSSR count). The number of ether oxygens (including phenoxy) is 1. The second-order valence-electron chi connectivity index (χ2n) is 6.72. The first-order chi connectivity index (χ1) is 14.5. The van der Waals surface area contributed by atoms with Crippen LogP contribution >= 0.6 is 23.4 Å². The smallest absolute Gasteiger partial charge is 0.234 e. The van der Waals surface area contributed by atoms with Crippen molar-refractivity contribution in [1.82, 2.24) is 10.2 Å². The van der Waals surface area contributed by atoms with Crippen LogP contribution in [0.5, 0.6) is 5.75 Å². The van der Waals surface area contributed by atoms with Crippen LogP contribution in [0.4, 0.5) is 5.69 Å². The van der Waals surface area contributed by atoms with Gasteiger partial charge in [0.25, 0.3) is 0 Å². The summed E-state index contributed by atoms with van der Waals surface area (Å²) in [6, 6.07) is 14.8. The van der Waals surface area contributed by atoms with Crippen molar-refractivity contribution in [2.75, 3.05) is 20.2 Å². The van der Waals surface area contributed by atoms with Gasteiger partial charge in [-0.3, -0.25) is 14.5 Å². The predicted octanol–water partition coefficient (Wildman–Crippen LogP) is 4.05. The molecule has 1 atom stereocenters. The minimum absolute atomic E-state index is 0.105. The molecule has 1 saturated heterocycles. The summed E-state index contributed by atoms with van der Waals surface area (Å²) in [6.45, 7) is 2.86. The van der Waals surface area contributed by atoms with Crippen molar-refractivity contribution in [3.63, 3.8) is 0 Å². The first-order valence-electron chi connectivity index (χ1n) is 9.72. The van der Waals surface area contributed by atoms with E-state index in [-0.39, 0.29) is 18.2 Å². The van der Waals surface area contributed by atoms with Gasteiger partial charge in [-0.15, -0.1) is 0 Å². The SMILES string of the molecule is CCNC(=O)[C@H]1CC(=O)N(CCc2ccc(Cl)cc2)C(=Nc2ccc(OC)cc2)S1. The van der Waals surface area contributed by atoms with Gasteiger partial charge < -0.3 is 10.1 Å². The molecule has 0 aliphatic carbocycles. The molecule has 8 heteroatoms. The van der Waals surface area contributed by atoms with Crippen molar-refractivity contribution in [1.29, 1.82) is 0 Å². The summed E-state index contributed by atoms with van der Waals surface area (Å²) in [5.41, 5.74) is 1.77. The Kier molecular flexibility index (Phi) is 7.76. The predicted molar refractivity (Wildman–Crippen MR) is 122 cm³/mol. The molecular weight excluding hydrogens is 422 g/mol. The maximum absolute atomic E-state index is 12.9. The number of aliphatic imine (C=N–C) groups is 1. The molecule has 0 spiro atoms. The lowest BCUT2D eigenvalue weighted by atomic mass is 10.1. The highest BCUT2D eigenvalue weighted by molar-refractivity contribution is 8.15. The van der Waals surface area contributed by atoms with Crippen molar-refractivity contribution in [3.8, 4) is 5.75 Å². The third kappa shape index (κ3) is 5.77. The number of carbonyl (C=O) groups is 2. The Labute approximate surface area is 185 Å². The van der Waals surface area contributed by atoms with E-state index >= 15 is 0 Å². The van der Waals surface area contributed by atoms with E-state index in [2.05, 4.69) is 10.3 Å². The van der Waals surface area contributed by atoms with Crippen molar-refractivity contribution < 1.29 is 14.3 Å². The molecule has 1 N–H and O–H groups in total. The van der Waals surface area contributed by atoms with E-state index in [9.17, 15) is 9.59 Å². The summed E-state index contributed by atoms with van der Waals surface area (Å²) in [4.78, 5) is 31.6. The third-order valence-corrected chi connectivity index (χ3v) is 6.06. The fraction of sp³-hybridized carbons (Fsp3) is 0.318. The van der Waals surface area contributed by atoms with Gasteiger partial charge in [0, 0.05) is 24.5 Å². The molecule has 2 aromatic carbocycles. The van der Waals surface area contributed by atoms with Crippen LogP contribution in [0, 0.1) is 0 Å². The number of halogens is 1. The number of thioether (sulfide) groups is 1. The minimum atomic E-state index is -0.485. The molecule has 1 aliphatic rings. The average molecular weight is 446 g/mol. The highest BCUT2D eigenvalue weighted by Gasteiger charge is 2.35. The Morgan fingerprint density at radius 3 is 2.57 bits per heavy atom. The van der Waals surface area contributed by atoms with Gasteiger partial charge in [0.2, 0.25) is 11.8 Å². The lowest BCUT2D eigenvalue weighted by Crippen LogP contribution is -2.47. The van der Waals surface area contributed by atoms with Crippen LogP contribution in [0.2, 0.25) is 5.02 Å². The maximum atomic E-state index is 12.9. The van der Waals surface area contributed by atoms with Gasteiger partial charge in [0.05, 0.1) is 18.0 Å². The van der Waals surface area contributed by atoms with Crippen molar-refractivity contribution in [2.24, 2.45) is 4.99 Å². The van der Waals surface area contributed by atoms with Gasteiger partial charge in [-0.25, -0.2) is 4.99 Å². The second kappa shape index (κ2) is 10.5. The van der Waals surface area contributed by atoms with Crippen LogP contribution < -0.4 is 10.1 Å². The Morgan fingerprint density at radius 1 is 1.23 bits per heavy atom. The highest BCUT2D eigenvalue weighted by atomic mass is 35.5. The van der Waals surface area contributed by atoms with E-state index in [4.69, 9.17) is 16.3 Å². The fourth-order valence-corrected chi connectivity index (χ4v) is 4.28. The summed E-state index contributed by atoms with van der Waals surface area (Å²) in [5.74, 6) is 0.480. The number of benzene rings is 2. The van der Waals surface area contributed by atoms with Gasteiger partial charge in [-0.05, 0) is 55.3 Å². The van der Waals surface area contributed by atoms with Crippen LogP contribution in [0.25, 0.3) is 0 Å². The van der Waals surface area contributed by atoms with Gasteiger partial charge in [-0.2, -0.15) is 0 Å². The topological polar surface area (TPSA) is 71.0 Å². The monoisotopic (exact) mass is 445 g/mol. The number of hydrogen-bond acceptors (Lipinski definition) is 5. The van der Waals surface area contributed by atoms with E-state index in [1.165, 1.54) is 11.8 Å². The quantitative estimate of drug-likeness (QED) is 0.697. The number of methoxy groups -OCH3 is 1. The van der Waals surface area contributed by atoms with Crippen LogP contribution in [0.15, 0.2) is 53.5 Å². The van der Waals surface area contributed by atoms with Crippen LogP contribution in [0.1, 0.15) is 18.9 Å². The first-order valence-corrected chi connectivity index (χ1v) is 11.0. The van der Waals surface area contributed by atoms with Crippen molar-refractivity contribution >= 4 is 46.0 Å². The minimum Gasteiger partial charge on any atom is -0.497 e. The molecular formula is C22H24ClN3O3S. The number of nitrogens with one attached hydrogen (secondary N) is 1. The first kappa shape index (κ1) is 22.2. The van der Waals surface area contributed by atoms with Crippen LogP contribution in [-0.4, -0.2) is 47.3 Å². The summed E-state index contributed by atoms with van der Waals surface area (Å²) in [5, 5.41) is 3.52. The molecule has 2 amide bonds. The molecule has 0 bridgehead atoms. The summed E-state index contributed by atoms with van der Waals surface area (Å²) >= 11 is 7.28. The second-order valence-corrected chi connectivity index (χ2v) is 8.33. The van der Waals surface area contributed by atoms with Crippen LogP contribution in [-0.2, 0) is 16.0 Å². The molecule has 1 fully saturated rings. The molecule has 6 nitrogen and oxygen atoms in total. The Bertz CT molecular complexity index is 916. The Morgan fingerprint density at radius 2 is 1.93 bits per heavy atom. The number of hydrogen-bond donors (Lipinski definition) is 1. The molecule has 0 unspecified atom stereocenters. The lowest BCUT2D eigenvalue weighted by molar-refractivity contribution is -0.130. The van der Waals surface area contributed by atoms with E-state index in [1.54, 1.807) is 12.0 Å². The van der Waals surface area contributed by atoms with Crippen molar-refractivity contribution in [2.45, 2.75) is 25.0 Å². The largest absolute Gasteiger partial charge is 0.497 e. The summed E-state index contributed by atoms with van der Waals surface area (Å²) < 4.78 is 5.19.